The molecule has 0 aliphatic carbocycles. The average molecular weight is 346 g/mol. The van der Waals surface area contributed by atoms with Crippen LogP contribution in [0.5, 0.6) is 5.75 Å². The molecule has 0 bridgehead atoms. The fourth-order valence-electron chi connectivity index (χ4n) is 1.53. The van der Waals surface area contributed by atoms with Gasteiger partial charge in [-0.1, -0.05) is 15.9 Å². The van der Waals surface area contributed by atoms with Gasteiger partial charge in [-0.2, -0.15) is 0 Å². The maximum absolute atomic E-state index is 13.5. The van der Waals surface area contributed by atoms with Gasteiger partial charge in [0.25, 0.3) is 5.91 Å². The number of hydrogen-bond donors (Lipinski definition) is 2. The van der Waals surface area contributed by atoms with Crippen molar-refractivity contribution in [1.82, 2.24) is 0 Å². The van der Waals surface area contributed by atoms with Gasteiger partial charge < -0.3 is 10.4 Å². The lowest BCUT2D eigenvalue weighted by molar-refractivity contribution is 0.102. The van der Waals surface area contributed by atoms with E-state index in [0.29, 0.717) is 0 Å². The van der Waals surface area contributed by atoms with Crippen molar-refractivity contribution in [3.63, 3.8) is 0 Å². The summed E-state index contributed by atoms with van der Waals surface area (Å²) in [4.78, 5) is 11.8. The highest BCUT2D eigenvalue weighted by atomic mass is 79.9. The van der Waals surface area contributed by atoms with E-state index in [-0.39, 0.29) is 10.2 Å². The first-order valence-corrected chi connectivity index (χ1v) is 6.12. The van der Waals surface area contributed by atoms with E-state index >= 15 is 0 Å². The number of nitrogens with one attached hydrogen (secondary N) is 1. The van der Waals surface area contributed by atoms with Crippen molar-refractivity contribution in [3.8, 4) is 5.75 Å². The number of halogens is 4. The highest BCUT2D eigenvalue weighted by molar-refractivity contribution is 9.10. The SMILES string of the molecule is O=C(Nc1c(F)cc(Br)cc1F)c1ccc(O)cc1F. The number of benzene rings is 2. The number of carbonyl (C=O) groups excluding carboxylic acids is 1. The Morgan fingerprint density at radius 1 is 1.05 bits per heavy atom. The summed E-state index contributed by atoms with van der Waals surface area (Å²) in [7, 11) is 0. The zero-order valence-electron chi connectivity index (χ0n) is 9.75. The third-order valence-electron chi connectivity index (χ3n) is 2.44. The first-order chi connectivity index (χ1) is 9.38. The van der Waals surface area contributed by atoms with Crippen LogP contribution < -0.4 is 5.32 Å². The Labute approximate surface area is 120 Å². The van der Waals surface area contributed by atoms with Crippen molar-refractivity contribution in [2.75, 3.05) is 5.32 Å². The molecule has 20 heavy (non-hydrogen) atoms. The fourth-order valence-corrected chi connectivity index (χ4v) is 1.93. The predicted octanol–water partition coefficient (Wildman–Crippen LogP) is 3.82. The largest absolute Gasteiger partial charge is 0.508 e. The number of aromatic hydroxyl groups is 1. The van der Waals surface area contributed by atoms with Gasteiger partial charge in [0, 0.05) is 10.5 Å². The number of phenolic OH excluding ortho intramolecular Hbond substituents is 1. The summed E-state index contributed by atoms with van der Waals surface area (Å²) >= 11 is 2.90. The van der Waals surface area contributed by atoms with Crippen molar-refractivity contribution >= 4 is 27.5 Å². The van der Waals surface area contributed by atoms with Crippen LogP contribution in [0.3, 0.4) is 0 Å². The molecular formula is C13H7BrF3NO2. The van der Waals surface area contributed by atoms with Crippen LogP contribution in [-0.2, 0) is 0 Å². The van der Waals surface area contributed by atoms with Crippen molar-refractivity contribution in [2.24, 2.45) is 0 Å². The molecule has 2 aromatic rings. The number of hydrogen-bond acceptors (Lipinski definition) is 2. The maximum Gasteiger partial charge on any atom is 0.258 e. The van der Waals surface area contributed by atoms with Crippen molar-refractivity contribution in [2.45, 2.75) is 0 Å². The lowest BCUT2D eigenvalue weighted by Gasteiger charge is -2.09. The molecule has 0 aliphatic rings. The van der Waals surface area contributed by atoms with Gasteiger partial charge in [-0.15, -0.1) is 0 Å². The molecule has 104 valence electrons. The molecule has 2 aromatic carbocycles. The van der Waals surface area contributed by atoms with Crippen molar-refractivity contribution in [1.29, 1.82) is 0 Å². The van der Waals surface area contributed by atoms with E-state index in [0.717, 1.165) is 30.3 Å². The Kier molecular flexibility index (Phi) is 3.99. The molecule has 0 heterocycles. The Bertz CT molecular complexity index is 668. The van der Waals surface area contributed by atoms with Crippen LogP contribution in [0.4, 0.5) is 18.9 Å². The molecule has 0 aromatic heterocycles. The first-order valence-electron chi connectivity index (χ1n) is 5.33. The quantitative estimate of drug-likeness (QED) is 0.869. The highest BCUT2D eigenvalue weighted by Gasteiger charge is 2.17. The summed E-state index contributed by atoms with van der Waals surface area (Å²) in [6.45, 7) is 0. The molecule has 0 saturated carbocycles. The summed E-state index contributed by atoms with van der Waals surface area (Å²) in [5.74, 6) is -4.38. The maximum atomic E-state index is 13.5. The zero-order valence-corrected chi connectivity index (χ0v) is 11.3. The van der Waals surface area contributed by atoms with Crippen LogP contribution in [0.25, 0.3) is 0 Å². The lowest BCUT2D eigenvalue weighted by atomic mass is 10.2. The zero-order chi connectivity index (χ0) is 14.9. The smallest absolute Gasteiger partial charge is 0.258 e. The molecule has 7 heteroatoms. The van der Waals surface area contributed by atoms with Crippen LogP contribution in [0.15, 0.2) is 34.8 Å². The summed E-state index contributed by atoms with van der Waals surface area (Å²) < 4.78 is 40.7. The average Bonchev–Trinajstić information content (AvgIpc) is 2.33. The molecule has 2 rings (SSSR count). The standard InChI is InChI=1S/C13H7BrF3NO2/c14-6-3-10(16)12(11(17)4-6)18-13(20)8-2-1-7(19)5-9(8)15/h1-5,19H,(H,18,20). The molecule has 0 saturated heterocycles. The number of rotatable bonds is 2. The molecule has 3 nitrogen and oxygen atoms in total. The third kappa shape index (κ3) is 2.93. The van der Waals surface area contributed by atoms with E-state index in [1.165, 1.54) is 0 Å². The molecule has 0 spiro atoms. The van der Waals surface area contributed by atoms with Gasteiger partial charge in [0.15, 0.2) is 11.6 Å². The lowest BCUT2D eigenvalue weighted by Crippen LogP contribution is -2.15. The minimum Gasteiger partial charge on any atom is -0.508 e. The normalized spacial score (nSPS) is 10.4. The Balaban J connectivity index is 2.33. The Morgan fingerprint density at radius 2 is 1.65 bits per heavy atom. The van der Waals surface area contributed by atoms with Gasteiger partial charge in [-0.05, 0) is 24.3 Å². The molecule has 0 fully saturated rings. The second kappa shape index (κ2) is 5.54. The van der Waals surface area contributed by atoms with Crippen molar-refractivity contribution in [3.05, 3.63) is 57.8 Å². The van der Waals surface area contributed by atoms with Crippen LogP contribution in [0.1, 0.15) is 10.4 Å². The molecule has 0 atom stereocenters. The van der Waals surface area contributed by atoms with Crippen molar-refractivity contribution < 1.29 is 23.1 Å². The van der Waals surface area contributed by atoms with E-state index in [4.69, 9.17) is 5.11 Å². The predicted molar refractivity (Wildman–Crippen MR) is 70.1 cm³/mol. The number of amides is 1. The highest BCUT2D eigenvalue weighted by Crippen LogP contribution is 2.25. The molecule has 0 radical (unpaired) electrons. The monoisotopic (exact) mass is 345 g/mol. The van der Waals surface area contributed by atoms with Gasteiger partial charge in [-0.25, -0.2) is 13.2 Å². The number of carbonyl (C=O) groups is 1. The van der Waals surface area contributed by atoms with Crippen LogP contribution >= 0.6 is 15.9 Å². The van der Waals surface area contributed by atoms with Gasteiger partial charge in [-0.3, -0.25) is 4.79 Å². The molecule has 1 amide bonds. The van der Waals surface area contributed by atoms with E-state index in [9.17, 15) is 18.0 Å². The molecule has 0 unspecified atom stereocenters. The topological polar surface area (TPSA) is 49.3 Å². The fraction of sp³-hybridized carbons (Fsp3) is 0. The summed E-state index contributed by atoms with van der Waals surface area (Å²) in [5.41, 5.74) is -1.12. The number of anilines is 1. The van der Waals surface area contributed by atoms with E-state index in [2.05, 4.69) is 15.9 Å². The third-order valence-corrected chi connectivity index (χ3v) is 2.90. The minimum atomic E-state index is -1.03. The summed E-state index contributed by atoms with van der Waals surface area (Å²) in [6, 6.07) is 4.75. The molecular weight excluding hydrogens is 339 g/mol. The second-order valence-corrected chi connectivity index (χ2v) is 4.78. The van der Waals surface area contributed by atoms with Gasteiger partial charge in [0.2, 0.25) is 0 Å². The van der Waals surface area contributed by atoms with E-state index < -0.39 is 34.6 Å². The van der Waals surface area contributed by atoms with Crippen LogP contribution in [0.2, 0.25) is 0 Å². The van der Waals surface area contributed by atoms with Gasteiger partial charge >= 0.3 is 0 Å². The Hall–Kier alpha value is -2.02. The minimum absolute atomic E-state index is 0.168. The van der Waals surface area contributed by atoms with E-state index in [1.54, 1.807) is 0 Å². The number of phenols is 1. The Morgan fingerprint density at radius 3 is 2.20 bits per heavy atom. The first kappa shape index (κ1) is 14.4. The summed E-state index contributed by atoms with van der Waals surface area (Å²) in [6.07, 6.45) is 0. The van der Waals surface area contributed by atoms with Crippen LogP contribution in [-0.4, -0.2) is 11.0 Å². The summed E-state index contributed by atoms with van der Waals surface area (Å²) in [5, 5.41) is 11.0. The second-order valence-electron chi connectivity index (χ2n) is 3.86. The molecule has 0 aliphatic heterocycles. The van der Waals surface area contributed by atoms with E-state index in [1.807, 2.05) is 5.32 Å². The van der Waals surface area contributed by atoms with Gasteiger partial charge in [0.1, 0.15) is 17.3 Å². The molecule has 2 N–H and O–H groups in total. The van der Waals surface area contributed by atoms with Crippen LogP contribution in [0, 0.1) is 17.5 Å². The van der Waals surface area contributed by atoms with Gasteiger partial charge in [0.05, 0.1) is 5.56 Å².